The van der Waals surface area contributed by atoms with Crippen molar-refractivity contribution in [2.75, 3.05) is 33.7 Å². The SMILES string of the molecule is CN(C)C1CCN(CC2(C)CCCC2N)C1. The molecule has 2 N–H and O–H groups in total. The molecule has 16 heavy (non-hydrogen) atoms. The van der Waals surface area contributed by atoms with Gasteiger partial charge in [-0.1, -0.05) is 13.3 Å². The summed E-state index contributed by atoms with van der Waals surface area (Å²) in [5, 5.41) is 0. The molecular formula is C13H27N3. The molecule has 3 heteroatoms. The van der Waals surface area contributed by atoms with Crippen LogP contribution in [0.2, 0.25) is 0 Å². The van der Waals surface area contributed by atoms with Crippen LogP contribution in [0.1, 0.15) is 32.6 Å². The zero-order valence-corrected chi connectivity index (χ0v) is 11.1. The van der Waals surface area contributed by atoms with Crippen LogP contribution in [-0.2, 0) is 0 Å². The van der Waals surface area contributed by atoms with Crippen molar-refractivity contribution in [2.24, 2.45) is 11.1 Å². The van der Waals surface area contributed by atoms with Gasteiger partial charge in [-0.15, -0.1) is 0 Å². The molecule has 2 fully saturated rings. The fraction of sp³-hybridized carbons (Fsp3) is 1.00. The van der Waals surface area contributed by atoms with Crippen LogP contribution in [0.5, 0.6) is 0 Å². The summed E-state index contributed by atoms with van der Waals surface area (Å²) in [5.74, 6) is 0. The third-order valence-electron chi connectivity index (χ3n) is 4.72. The predicted octanol–water partition coefficient (Wildman–Crippen LogP) is 1.14. The summed E-state index contributed by atoms with van der Waals surface area (Å²) in [6.07, 6.45) is 5.18. The fourth-order valence-corrected chi connectivity index (χ4v) is 3.34. The summed E-state index contributed by atoms with van der Waals surface area (Å²) in [7, 11) is 4.38. The van der Waals surface area contributed by atoms with E-state index >= 15 is 0 Å². The summed E-state index contributed by atoms with van der Waals surface area (Å²) in [6, 6.07) is 1.17. The van der Waals surface area contributed by atoms with Gasteiger partial charge in [0.25, 0.3) is 0 Å². The molecule has 3 nitrogen and oxygen atoms in total. The Hall–Kier alpha value is -0.120. The minimum absolute atomic E-state index is 0.376. The Bertz CT molecular complexity index is 241. The molecule has 1 heterocycles. The van der Waals surface area contributed by atoms with E-state index in [0.29, 0.717) is 11.5 Å². The summed E-state index contributed by atoms with van der Waals surface area (Å²) in [5.41, 5.74) is 6.62. The van der Waals surface area contributed by atoms with Crippen LogP contribution in [0.15, 0.2) is 0 Å². The number of nitrogens with zero attached hydrogens (tertiary/aromatic N) is 2. The van der Waals surface area contributed by atoms with Gasteiger partial charge in [-0.2, -0.15) is 0 Å². The third-order valence-corrected chi connectivity index (χ3v) is 4.72. The minimum atomic E-state index is 0.376. The Balaban J connectivity index is 1.87. The van der Waals surface area contributed by atoms with Gasteiger partial charge in [0.1, 0.15) is 0 Å². The standard InChI is InChI=1S/C13H27N3/c1-13(7-4-5-12(13)14)10-16-8-6-11(9-16)15(2)3/h11-12H,4-10,14H2,1-3H3. The Morgan fingerprint density at radius 1 is 1.38 bits per heavy atom. The van der Waals surface area contributed by atoms with Crippen LogP contribution in [0.3, 0.4) is 0 Å². The molecule has 0 aromatic carbocycles. The molecular weight excluding hydrogens is 198 g/mol. The first-order valence-corrected chi connectivity index (χ1v) is 6.66. The average molecular weight is 225 g/mol. The molecule has 3 unspecified atom stereocenters. The number of hydrogen-bond donors (Lipinski definition) is 1. The van der Waals surface area contributed by atoms with E-state index in [1.807, 2.05) is 0 Å². The van der Waals surface area contributed by atoms with Crippen molar-refractivity contribution in [3.63, 3.8) is 0 Å². The molecule has 0 radical (unpaired) electrons. The van der Waals surface area contributed by atoms with Crippen molar-refractivity contribution in [3.05, 3.63) is 0 Å². The van der Waals surface area contributed by atoms with Gasteiger partial charge in [-0.3, -0.25) is 0 Å². The molecule has 0 bridgehead atoms. The number of likely N-dealkylation sites (tertiary alicyclic amines) is 1. The lowest BCUT2D eigenvalue weighted by Gasteiger charge is -2.34. The fourth-order valence-electron chi connectivity index (χ4n) is 3.34. The molecule has 3 atom stereocenters. The maximum absolute atomic E-state index is 6.25. The van der Waals surface area contributed by atoms with Crippen LogP contribution in [0.4, 0.5) is 0 Å². The summed E-state index contributed by atoms with van der Waals surface area (Å²) in [6.45, 7) is 6.08. The van der Waals surface area contributed by atoms with E-state index in [9.17, 15) is 0 Å². The first-order valence-electron chi connectivity index (χ1n) is 6.66. The highest BCUT2D eigenvalue weighted by atomic mass is 15.2. The molecule has 0 amide bonds. The van der Waals surface area contributed by atoms with E-state index in [0.717, 1.165) is 6.04 Å². The predicted molar refractivity (Wildman–Crippen MR) is 68.5 cm³/mol. The number of rotatable bonds is 3. The van der Waals surface area contributed by atoms with Crippen molar-refractivity contribution in [1.82, 2.24) is 9.80 Å². The smallest absolute Gasteiger partial charge is 0.0229 e. The molecule has 0 aromatic rings. The number of nitrogens with two attached hydrogens (primary N) is 1. The van der Waals surface area contributed by atoms with Crippen LogP contribution in [0.25, 0.3) is 0 Å². The van der Waals surface area contributed by atoms with Gasteiger partial charge in [0, 0.05) is 25.2 Å². The third kappa shape index (κ3) is 2.41. The summed E-state index contributed by atoms with van der Waals surface area (Å²) in [4.78, 5) is 4.98. The Morgan fingerprint density at radius 2 is 2.12 bits per heavy atom. The van der Waals surface area contributed by atoms with E-state index in [4.69, 9.17) is 5.73 Å². The van der Waals surface area contributed by atoms with E-state index in [1.165, 1.54) is 45.3 Å². The van der Waals surface area contributed by atoms with Crippen LogP contribution in [-0.4, -0.2) is 55.6 Å². The van der Waals surface area contributed by atoms with Crippen molar-refractivity contribution >= 4 is 0 Å². The van der Waals surface area contributed by atoms with Crippen molar-refractivity contribution < 1.29 is 0 Å². The van der Waals surface area contributed by atoms with Gasteiger partial charge in [0.15, 0.2) is 0 Å². The lowest BCUT2D eigenvalue weighted by atomic mass is 9.84. The highest BCUT2D eigenvalue weighted by molar-refractivity contribution is 4.95. The second kappa shape index (κ2) is 4.63. The quantitative estimate of drug-likeness (QED) is 0.782. The average Bonchev–Trinajstić information content (AvgIpc) is 2.76. The summed E-state index contributed by atoms with van der Waals surface area (Å²) >= 11 is 0. The van der Waals surface area contributed by atoms with E-state index in [1.54, 1.807) is 0 Å². The summed E-state index contributed by atoms with van der Waals surface area (Å²) < 4.78 is 0. The monoisotopic (exact) mass is 225 g/mol. The Kier molecular flexibility index (Phi) is 3.57. The molecule has 1 aliphatic heterocycles. The van der Waals surface area contributed by atoms with Gasteiger partial charge in [0.05, 0.1) is 0 Å². The van der Waals surface area contributed by atoms with Gasteiger partial charge in [0.2, 0.25) is 0 Å². The first kappa shape index (κ1) is 12.3. The van der Waals surface area contributed by atoms with E-state index in [2.05, 4.69) is 30.8 Å². The number of likely N-dealkylation sites (N-methyl/N-ethyl adjacent to an activating group) is 1. The topological polar surface area (TPSA) is 32.5 Å². The first-order chi connectivity index (χ1) is 7.51. The Labute approximate surface area is 100.0 Å². The second-order valence-electron chi connectivity index (χ2n) is 6.29. The van der Waals surface area contributed by atoms with E-state index in [-0.39, 0.29) is 0 Å². The second-order valence-corrected chi connectivity index (χ2v) is 6.29. The lowest BCUT2D eigenvalue weighted by Crippen LogP contribution is -2.44. The molecule has 1 saturated carbocycles. The molecule has 1 saturated heterocycles. The molecule has 0 spiro atoms. The molecule has 2 aliphatic rings. The minimum Gasteiger partial charge on any atom is -0.327 e. The lowest BCUT2D eigenvalue weighted by molar-refractivity contribution is 0.167. The van der Waals surface area contributed by atoms with E-state index < -0.39 is 0 Å². The molecule has 1 aliphatic carbocycles. The number of hydrogen-bond acceptors (Lipinski definition) is 3. The maximum Gasteiger partial charge on any atom is 0.0229 e. The molecule has 2 rings (SSSR count). The van der Waals surface area contributed by atoms with Gasteiger partial charge >= 0.3 is 0 Å². The van der Waals surface area contributed by atoms with Crippen molar-refractivity contribution in [1.29, 1.82) is 0 Å². The Morgan fingerprint density at radius 3 is 2.62 bits per heavy atom. The van der Waals surface area contributed by atoms with Crippen LogP contribution in [0, 0.1) is 5.41 Å². The zero-order chi connectivity index (χ0) is 11.8. The highest BCUT2D eigenvalue weighted by Crippen LogP contribution is 2.38. The van der Waals surface area contributed by atoms with Crippen molar-refractivity contribution in [3.8, 4) is 0 Å². The molecule has 94 valence electrons. The van der Waals surface area contributed by atoms with Crippen molar-refractivity contribution in [2.45, 2.75) is 44.7 Å². The van der Waals surface area contributed by atoms with Gasteiger partial charge in [-0.25, -0.2) is 0 Å². The van der Waals surface area contributed by atoms with Crippen LogP contribution >= 0.6 is 0 Å². The zero-order valence-electron chi connectivity index (χ0n) is 11.1. The molecule has 0 aromatic heterocycles. The largest absolute Gasteiger partial charge is 0.327 e. The highest BCUT2D eigenvalue weighted by Gasteiger charge is 2.39. The van der Waals surface area contributed by atoms with Gasteiger partial charge in [-0.05, 0) is 45.3 Å². The maximum atomic E-state index is 6.25. The van der Waals surface area contributed by atoms with Gasteiger partial charge < -0.3 is 15.5 Å². The van der Waals surface area contributed by atoms with Crippen LogP contribution < -0.4 is 5.73 Å². The normalized spacial score (nSPS) is 41.1.